The number of amidine groups is 1. The first kappa shape index (κ1) is 10.2. The molecule has 1 aliphatic rings. The van der Waals surface area contributed by atoms with Crippen molar-refractivity contribution in [3.63, 3.8) is 0 Å². The second kappa shape index (κ2) is 4.45. The Bertz CT molecular complexity index is 371. The third-order valence-electron chi connectivity index (χ3n) is 2.71. The molecule has 3 nitrogen and oxygen atoms in total. The van der Waals surface area contributed by atoms with Crippen LogP contribution >= 0.6 is 0 Å². The standard InChI is InChI=1S/C12H17N3/c1-10-14-7-8-15(10)12-4-2-3-11(9-12)5-6-13/h2-4,9H,5-8,13H2,1H3. The maximum absolute atomic E-state index is 5.55. The fraction of sp³-hybridized carbons (Fsp3) is 0.417. The average molecular weight is 203 g/mol. The van der Waals surface area contributed by atoms with Gasteiger partial charge in [-0.3, -0.25) is 4.99 Å². The third kappa shape index (κ3) is 2.18. The topological polar surface area (TPSA) is 41.6 Å². The van der Waals surface area contributed by atoms with Crippen molar-refractivity contribution in [2.45, 2.75) is 13.3 Å². The minimum Gasteiger partial charge on any atom is -0.330 e. The van der Waals surface area contributed by atoms with Gasteiger partial charge in [-0.15, -0.1) is 0 Å². The zero-order valence-corrected chi connectivity index (χ0v) is 9.11. The van der Waals surface area contributed by atoms with Crippen molar-refractivity contribution in [1.29, 1.82) is 0 Å². The minimum atomic E-state index is 0.705. The maximum Gasteiger partial charge on any atom is 0.100 e. The van der Waals surface area contributed by atoms with Gasteiger partial charge in [-0.05, 0) is 37.6 Å². The summed E-state index contributed by atoms with van der Waals surface area (Å²) in [6.07, 6.45) is 0.942. The van der Waals surface area contributed by atoms with Crippen LogP contribution in [-0.4, -0.2) is 25.5 Å². The van der Waals surface area contributed by atoms with Crippen LogP contribution in [0.3, 0.4) is 0 Å². The first-order valence-electron chi connectivity index (χ1n) is 5.39. The highest BCUT2D eigenvalue weighted by Gasteiger charge is 2.14. The molecular formula is C12H17N3. The predicted molar refractivity (Wildman–Crippen MR) is 64.5 cm³/mol. The normalized spacial score (nSPS) is 15.6. The van der Waals surface area contributed by atoms with Crippen molar-refractivity contribution in [3.8, 4) is 0 Å². The number of hydrogen-bond acceptors (Lipinski definition) is 3. The highest BCUT2D eigenvalue weighted by molar-refractivity contribution is 5.97. The molecule has 0 unspecified atom stereocenters. The average Bonchev–Trinajstić information content (AvgIpc) is 2.65. The van der Waals surface area contributed by atoms with Gasteiger partial charge < -0.3 is 10.6 Å². The van der Waals surface area contributed by atoms with Gasteiger partial charge in [0.25, 0.3) is 0 Å². The fourth-order valence-corrected chi connectivity index (χ4v) is 1.92. The molecule has 0 atom stereocenters. The summed E-state index contributed by atoms with van der Waals surface area (Å²) in [5, 5.41) is 0. The number of anilines is 1. The minimum absolute atomic E-state index is 0.705. The van der Waals surface area contributed by atoms with Crippen LogP contribution in [0.2, 0.25) is 0 Å². The van der Waals surface area contributed by atoms with Crippen LogP contribution in [0.1, 0.15) is 12.5 Å². The Balaban J connectivity index is 2.21. The summed E-state index contributed by atoms with van der Waals surface area (Å²) >= 11 is 0. The molecule has 0 amide bonds. The van der Waals surface area contributed by atoms with Crippen LogP contribution in [0.5, 0.6) is 0 Å². The summed E-state index contributed by atoms with van der Waals surface area (Å²) in [4.78, 5) is 6.64. The molecule has 0 bridgehead atoms. The van der Waals surface area contributed by atoms with E-state index in [1.807, 2.05) is 0 Å². The molecule has 2 N–H and O–H groups in total. The Morgan fingerprint density at radius 3 is 3.00 bits per heavy atom. The van der Waals surface area contributed by atoms with E-state index < -0.39 is 0 Å². The Kier molecular flexibility index (Phi) is 3.02. The summed E-state index contributed by atoms with van der Waals surface area (Å²) in [6, 6.07) is 8.55. The van der Waals surface area contributed by atoms with Gasteiger partial charge in [-0.2, -0.15) is 0 Å². The molecule has 15 heavy (non-hydrogen) atoms. The summed E-state index contributed by atoms with van der Waals surface area (Å²) < 4.78 is 0. The number of nitrogens with zero attached hydrogens (tertiary/aromatic N) is 2. The lowest BCUT2D eigenvalue weighted by Gasteiger charge is -2.18. The molecule has 0 fully saturated rings. The first-order chi connectivity index (χ1) is 7.31. The third-order valence-corrected chi connectivity index (χ3v) is 2.71. The molecule has 0 spiro atoms. The highest BCUT2D eigenvalue weighted by Crippen LogP contribution is 2.19. The molecular weight excluding hydrogens is 186 g/mol. The Labute approximate surface area is 90.6 Å². The Morgan fingerprint density at radius 2 is 2.33 bits per heavy atom. The molecule has 2 rings (SSSR count). The van der Waals surface area contributed by atoms with Gasteiger partial charge in [0.1, 0.15) is 5.84 Å². The predicted octanol–water partition coefficient (Wildman–Crippen LogP) is 1.43. The van der Waals surface area contributed by atoms with Crippen LogP contribution in [0.4, 0.5) is 5.69 Å². The summed E-state index contributed by atoms with van der Waals surface area (Å²) in [5.74, 6) is 1.11. The monoisotopic (exact) mass is 203 g/mol. The summed E-state index contributed by atoms with van der Waals surface area (Å²) in [7, 11) is 0. The number of rotatable bonds is 3. The second-order valence-electron chi connectivity index (χ2n) is 3.79. The molecule has 0 aliphatic carbocycles. The lowest BCUT2D eigenvalue weighted by atomic mass is 10.1. The molecule has 1 aliphatic heterocycles. The number of aliphatic imine (C=N–C) groups is 1. The molecule has 80 valence electrons. The molecule has 1 aromatic carbocycles. The molecule has 1 heterocycles. The molecule has 0 radical (unpaired) electrons. The van der Waals surface area contributed by atoms with Crippen molar-refractivity contribution in [3.05, 3.63) is 29.8 Å². The zero-order chi connectivity index (χ0) is 10.7. The van der Waals surface area contributed by atoms with E-state index in [0.29, 0.717) is 6.54 Å². The molecule has 3 heteroatoms. The first-order valence-corrected chi connectivity index (χ1v) is 5.39. The van der Waals surface area contributed by atoms with Gasteiger partial charge in [0.05, 0.1) is 6.54 Å². The molecule has 0 aromatic heterocycles. The van der Waals surface area contributed by atoms with E-state index in [1.165, 1.54) is 11.3 Å². The fourth-order valence-electron chi connectivity index (χ4n) is 1.92. The van der Waals surface area contributed by atoms with Gasteiger partial charge in [-0.25, -0.2) is 0 Å². The molecule has 0 saturated heterocycles. The quantitative estimate of drug-likeness (QED) is 0.807. The van der Waals surface area contributed by atoms with E-state index in [4.69, 9.17) is 5.73 Å². The summed E-state index contributed by atoms with van der Waals surface area (Å²) in [5.41, 5.74) is 8.09. The summed E-state index contributed by atoms with van der Waals surface area (Å²) in [6.45, 7) is 4.67. The van der Waals surface area contributed by atoms with E-state index in [1.54, 1.807) is 0 Å². The number of benzene rings is 1. The van der Waals surface area contributed by atoms with Crippen molar-refractivity contribution in [2.24, 2.45) is 10.7 Å². The Morgan fingerprint density at radius 1 is 1.47 bits per heavy atom. The second-order valence-corrected chi connectivity index (χ2v) is 3.79. The van der Waals surface area contributed by atoms with Gasteiger partial charge in [-0.1, -0.05) is 12.1 Å². The SMILES string of the molecule is CC1=NCCN1c1cccc(CCN)c1. The van der Waals surface area contributed by atoms with E-state index in [-0.39, 0.29) is 0 Å². The smallest absolute Gasteiger partial charge is 0.100 e. The van der Waals surface area contributed by atoms with E-state index in [2.05, 4.69) is 41.1 Å². The Hall–Kier alpha value is -1.35. The van der Waals surface area contributed by atoms with Crippen LogP contribution in [0.15, 0.2) is 29.3 Å². The molecule has 0 saturated carbocycles. The van der Waals surface area contributed by atoms with Gasteiger partial charge in [0.15, 0.2) is 0 Å². The number of hydrogen-bond donors (Lipinski definition) is 1. The number of nitrogens with two attached hydrogens (primary N) is 1. The van der Waals surface area contributed by atoms with Gasteiger partial charge in [0, 0.05) is 12.2 Å². The lowest BCUT2D eigenvalue weighted by Crippen LogP contribution is -2.24. The lowest BCUT2D eigenvalue weighted by molar-refractivity contribution is 0.964. The van der Waals surface area contributed by atoms with Crippen molar-refractivity contribution in [2.75, 3.05) is 24.5 Å². The van der Waals surface area contributed by atoms with E-state index in [9.17, 15) is 0 Å². The van der Waals surface area contributed by atoms with Crippen molar-refractivity contribution in [1.82, 2.24) is 0 Å². The van der Waals surface area contributed by atoms with Crippen LogP contribution in [-0.2, 0) is 6.42 Å². The van der Waals surface area contributed by atoms with Gasteiger partial charge in [0.2, 0.25) is 0 Å². The van der Waals surface area contributed by atoms with Crippen molar-refractivity contribution >= 4 is 11.5 Å². The molecule has 1 aromatic rings. The van der Waals surface area contributed by atoms with Crippen LogP contribution in [0.25, 0.3) is 0 Å². The zero-order valence-electron chi connectivity index (χ0n) is 9.11. The van der Waals surface area contributed by atoms with E-state index in [0.717, 1.165) is 25.3 Å². The van der Waals surface area contributed by atoms with Crippen LogP contribution < -0.4 is 10.6 Å². The maximum atomic E-state index is 5.55. The van der Waals surface area contributed by atoms with Crippen LogP contribution in [0, 0.1) is 0 Å². The highest BCUT2D eigenvalue weighted by atomic mass is 15.2. The largest absolute Gasteiger partial charge is 0.330 e. The van der Waals surface area contributed by atoms with Crippen molar-refractivity contribution < 1.29 is 0 Å². The van der Waals surface area contributed by atoms with Gasteiger partial charge >= 0.3 is 0 Å². The van der Waals surface area contributed by atoms with E-state index >= 15 is 0 Å².